The van der Waals surface area contributed by atoms with E-state index >= 15 is 0 Å². The number of Topliss-reactive ketones (excluding diaryl/α,β-unsaturated/α-hetero) is 1. The Bertz CT molecular complexity index is 1150. The lowest BCUT2D eigenvalue weighted by atomic mass is 9.99. The molecule has 0 radical (unpaired) electrons. The van der Waals surface area contributed by atoms with Crippen molar-refractivity contribution in [1.29, 1.82) is 0 Å². The smallest absolute Gasteiger partial charge is 0.248 e. The van der Waals surface area contributed by atoms with Crippen LogP contribution in [-0.4, -0.2) is 25.9 Å². The Balaban J connectivity index is 1.71. The number of ether oxygens (including phenoxy) is 3. The largest absolute Gasteiger partial charge is 0.493 e. The number of methoxy groups -OCH3 is 2. The lowest BCUT2D eigenvalue weighted by molar-refractivity contribution is 0.0988. The van der Waals surface area contributed by atoms with Crippen LogP contribution in [0.25, 0.3) is 11.1 Å². The lowest BCUT2D eigenvalue weighted by Gasteiger charge is -2.18. The molecule has 0 aromatic heterocycles. The fraction of sp³-hybridized carbons (Fsp3) is 0.200. The molecule has 2 N–H and O–H groups in total. The number of carbonyl (C=O) groups is 2. The topological polar surface area (TPSA) is 87.9 Å². The van der Waals surface area contributed by atoms with Crippen molar-refractivity contribution in [3.05, 3.63) is 76.9 Å². The molecule has 1 aliphatic carbocycles. The summed E-state index contributed by atoms with van der Waals surface area (Å²) in [4.78, 5) is 23.3. The lowest BCUT2D eigenvalue weighted by Crippen LogP contribution is -2.10. The fourth-order valence-electron chi connectivity index (χ4n) is 3.81. The van der Waals surface area contributed by atoms with Crippen LogP contribution in [0.3, 0.4) is 0 Å². The molecule has 6 nitrogen and oxygen atoms in total. The molecule has 6 heteroatoms. The van der Waals surface area contributed by atoms with E-state index in [1.165, 1.54) is 0 Å². The predicted octanol–water partition coefficient (Wildman–Crippen LogP) is 4.18. The van der Waals surface area contributed by atoms with E-state index in [1.807, 2.05) is 30.3 Å². The van der Waals surface area contributed by atoms with Crippen LogP contribution in [0.2, 0.25) is 0 Å². The maximum absolute atomic E-state index is 12.0. The number of ketones is 1. The molecule has 3 aromatic carbocycles. The SMILES string of the molecule is COc1ccc(-c2ccc3c(c2)CCC3=O)c(OCc2ccc(C(N)=O)cc2)c1OC. The number of hydrogen-bond acceptors (Lipinski definition) is 5. The highest BCUT2D eigenvalue weighted by Gasteiger charge is 2.22. The molecule has 0 saturated heterocycles. The van der Waals surface area contributed by atoms with Crippen molar-refractivity contribution < 1.29 is 23.8 Å². The van der Waals surface area contributed by atoms with Crippen molar-refractivity contribution in [1.82, 2.24) is 0 Å². The van der Waals surface area contributed by atoms with Crippen molar-refractivity contribution in [2.24, 2.45) is 5.73 Å². The Morgan fingerprint density at radius 2 is 1.65 bits per heavy atom. The van der Waals surface area contributed by atoms with E-state index in [2.05, 4.69) is 0 Å². The maximum atomic E-state index is 12.0. The molecule has 158 valence electrons. The van der Waals surface area contributed by atoms with E-state index in [4.69, 9.17) is 19.9 Å². The van der Waals surface area contributed by atoms with Crippen molar-refractivity contribution in [2.45, 2.75) is 19.4 Å². The number of carbonyl (C=O) groups excluding carboxylic acids is 2. The van der Waals surface area contributed by atoms with Gasteiger partial charge in [0.1, 0.15) is 6.61 Å². The Morgan fingerprint density at radius 1 is 0.903 bits per heavy atom. The minimum absolute atomic E-state index is 0.185. The summed E-state index contributed by atoms with van der Waals surface area (Å²) < 4.78 is 17.3. The van der Waals surface area contributed by atoms with Crippen LogP contribution in [0.15, 0.2) is 54.6 Å². The molecule has 31 heavy (non-hydrogen) atoms. The molecule has 1 aliphatic rings. The Hall–Kier alpha value is -3.80. The molecule has 0 heterocycles. The number of fused-ring (bicyclic) bond motifs is 1. The van der Waals surface area contributed by atoms with Crippen molar-refractivity contribution in [3.63, 3.8) is 0 Å². The highest BCUT2D eigenvalue weighted by Crippen LogP contribution is 2.45. The second-order valence-electron chi connectivity index (χ2n) is 7.32. The number of primary amides is 1. The zero-order valence-electron chi connectivity index (χ0n) is 17.4. The van der Waals surface area contributed by atoms with Gasteiger partial charge in [0.2, 0.25) is 11.7 Å². The van der Waals surface area contributed by atoms with Crippen molar-refractivity contribution in [2.75, 3.05) is 14.2 Å². The van der Waals surface area contributed by atoms with Gasteiger partial charge in [0, 0.05) is 23.1 Å². The summed E-state index contributed by atoms with van der Waals surface area (Å²) >= 11 is 0. The van der Waals surface area contributed by atoms with Gasteiger partial charge >= 0.3 is 0 Å². The number of amides is 1. The molecule has 0 saturated carbocycles. The van der Waals surface area contributed by atoms with Gasteiger partial charge in [-0.1, -0.05) is 30.3 Å². The van der Waals surface area contributed by atoms with Gasteiger partial charge < -0.3 is 19.9 Å². The quantitative estimate of drug-likeness (QED) is 0.623. The molecule has 0 spiro atoms. The first kappa shape index (κ1) is 20.5. The van der Waals surface area contributed by atoms with E-state index in [0.29, 0.717) is 29.2 Å². The van der Waals surface area contributed by atoms with Crippen LogP contribution in [0.4, 0.5) is 0 Å². The third-order valence-corrected chi connectivity index (χ3v) is 5.46. The molecular weight excluding hydrogens is 394 g/mol. The summed E-state index contributed by atoms with van der Waals surface area (Å²) in [6.07, 6.45) is 1.30. The van der Waals surface area contributed by atoms with Crippen LogP contribution < -0.4 is 19.9 Å². The van der Waals surface area contributed by atoms with E-state index in [0.717, 1.165) is 34.2 Å². The van der Waals surface area contributed by atoms with Crippen molar-refractivity contribution >= 4 is 11.7 Å². The van der Waals surface area contributed by atoms with Gasteiger partial charge in [-0.3, -0.25) is 9.59 Å². The van der Waals surface area contributed by atoms with Crippen LogP contribution in [0.1, 0.15) is 38.3 Å². The predicted molar refractivity (Wildman–Crippen MR) is 117 cm³/mol. The van der Waals surface area contributed by atoms with Crippen LogP contribution in [0, 0.1) is 0 Å². The zero-order chi connectivity index (χ0) is 22.0. The Morgan fingerprint density at radius 3 is 2.32 bits per heavy atom. The number of nitrogens with two attached hydrogens (primary N) is 1. The van der Waals surface area contributed by atoms with Gasteiger partial charge in [-0.15, -0.1) is 0 Å². The molecular formula is C25H23NO5. The molecule has 4 rings (SSSR count). The molecule has 0 bridgehead atoms. The first-order chi connectivity index (χ1) is 15.0. The molecule has 3 aromatic rings. The molecule has 1 amide bonds. The summed E-state index contributed by atoms with van der Waals surface area (Å²) in [6, 6.07) is 16.5. The highest BCUT2D eigenvalue weighted by molar-refractivity contribution is 6.01. The van der Waals surface area contributed by atoms with Gasteiger partial charge in [0.05, 0.1) is 14.2 Å². The summed E-state index contributed by atoms with van der Waals surface area (Å²) in [5, 5.41) is 0. The second kappa shape index (κ2) is 8.52. The van der Waals surface area contributed by atoms with Crippen LogP contribution >= 0.6 is 0 Å². The average molecular weight is 417 g/mol. The van der Waals surface area contributed by atoms with Gasteiger partial charge in [0.15, 0.2) is 17.3 Å². The van der Waals surface area contributed by atoms with Gasteiger partial charge in [-0.05, 0) is 47.4 Å². The Labute approximate surface area is 180 Å². The first-order valence-electron chi connectivity index (χ1n) is 9.95. The average Bonchev–Trinajstić information content (AvgIpc) is 3.17. The minimum Gasteiger partial charge on any atom is -0.493 e. The maximum Gasteiger partial charge on any atom is 0.248 e. The van der Waals surface area contributed by atoms with Gasteiger partial charge in [-0.2, -0.15) is 0 Å². The van der Waals surface area contributed by atoms with Crippen LogP contribution in [-0.2, 0) is 13.0 Å². The molecule has 0 fully saturated rings. The third-order valence-electron chi connectivity index (χ3n) is 5.46. The summed E-state index contributed by atoms with van der Waals surface area (Å²) in [5.41, 5.74) is 10.2. The van der Waals surface area contributed by atoms with E-state index in [1.54, 1.807) is 38.5 Å². The van der Waals surface area contributed by atoms with E-state index in [-0.39, 0.29) is 12.4 Å². The standard InChI is InChI=1S/C25H23NO5/c1-29-22-12-10-20(18-7-9-19-17(13-18)8-11-21(19)27)23(24(22)30-2)31-14-15-3-5-16(6-4-15)25(26)28/h3-7,9-10,12-13H,8,11,14H2,1-2H3,(H2,26,28). The van der Waals surface area contributed by atoms with Gasteiger partial charge in [0.25, 0.3) is 0 Å². The summed E-state index contributed by atoms with van der Waals surface area (Å²) in [5.74, 6) is 1.31. The van der Waals surface area contributed by atoms with Crippen LogP contribution in [0.5, 0.6) is 17.2 Å². The normalized spacial score (nSPS) is 12.4. The molecule has 0 unspecified atom stereocenters. The highest BCUT2D eigenvalue weighted by atomic mass is 16.5. The van der Waals surface area contributed by atoms with E-state index < -0.39 is 5.91 Å². The molecule has 0 atom stereocenters. The summed E-state index contributed by atoms with van der Waals surface area (Å²) in [6.45, 7) is 0.263. The fourth-order valence-corrected chi connectivity index (χ4v) is 3.81. The third kappa shape index (κ3) is 3.97. The van der Waals surface area contributed by atoms with E-state index in [9.17, 15) is 9.59 Å². The van der Waals surface area contributed by atoms with Gasteiger partial charge in [-0.25, -0.2) is 0 Å². The first-order valence-corrected chi connectivity index (χ1v) is 9.95. The second-order valence-corrected chi connectivity index (χ2v) is 7.32. The number of aryl methyl sites for hydroxylation is 1. The zero-order valence-corrected chi connectivity index (χ0v) is 17.4. The Kier molecular flexibility index (Phi) is 5.62. The minimum atomic E-state index is -0.473. The monoisotopic (exact) mass is 417 g/mol. The number of benzene rings is 3. The number of rotatable bonds is 7. The molecule has 0 aliphatic heterocycles. The van der Waals surface area contributed by atoms with Crippen molar-refractivity contribution in [3.8, 4) is 28.4 Å². The summed E-state index contributed by atoms with van der Waals surface area (Å²) in [7, 11) is 3.14. The number of hydrogen-bond donors (Lipinski definition) is 1.